The van der Waals surface area contributed by atoms with E-state index in [2.05, 4.69) is 42.0 Å². The van der Waals surface area contributed by atoms with Gasteiger partial charge in [-0.3, -0.25) is 4.79 Å². The lowest BCUT2D eigenvalue weighted by Gasteiger charge is -2.30. The molecule has 0 bridgehead atoms. The number of aromatic amines is 1. The van der Waals surface area contributed by atoms with Crippen molar-refractivity contribution in [1.82, 2.24) is 10.3 Å². The van der Waals surface area contributed by atoms with E-state index in [-0.39, 0.29) is 11.0 Å². The molecule has 0 saturated carbocycles. The van der Waals surface area contributed by atoms with E-state index in [0.717, 1.165) is 37.6 Å². The van der Waals surface area contributed by atoms with Crippen LogP contribution in [0.2, 0.25) is 0 Å². The quantitative estimate of drug-likeness (QED) is 0.766. The molecule has 1 fully saturated rings. The summed E-state index contributed by atoms with van der Waals surface area (Å²) in [5.74, 6) is 0.948. The number of aromatic nitrogens is 1. The maximum Gasteiger partial charge on any atom is 0.249 e. The van der Waals surface area contributed by atoms with E-state index in [1.165, 1.54) is 0 Å². The Balaban J connectivity index is 2.34. The molecular weight excluding hydrogens is 214 g/mol. The standard InChI is InChI=1S/C13H21N3O/c1-13(2,3)10-8-11(15-12(17)9-10)16-6-4-14-5-7-16/h8-9,14H,4-7H2,1-3H3,(H,15,17). The van der Waals surface area contributed by atoms with Gasteiger partial charge in [-0.15, -0.1) is 0 Å². The molecule has 1 aliphatic heterocycles. The molecule has 0 atom stereocenters. The van der Waals surface area contributed by atoms with Gasteiger partial charge >= 0.3 is 0 Å². The number of pyridine rings is 1. The van der Waals surface area contributed by atoms with Crippen LogP contribution in [0.5, 0.6) is 0 Å². The number of piperazine rings is 1. The number of anilines is 1. The summed E-state index contributed by atoms with van der Waals surface area (Å²) >= 11 is 0. The third-order valence-electron chi connectivity index (χ3n) is 3.15. The first kappa shape index (κ1) is 12.2. The first-order valence-electron chi connectivity index (χ1n) is 6.17. The fraction of sp³-hybridized carbons (Fsp3) is 0.615. The smallest absolute Gasteiger partial charge is 0.249 e. The molecule has 0 aliphatic carbocycles. The first-order chi connectivity index (χ1) is 7.97. The predicted octanol–water partition coefficient (Wildman–Crippen LogP) is 1.08. The Morgan fingerprint density at radius 1 is 1.18 bits per heavy atom. The Hall–Kier alpha value is -1.29. The second-order valence-electron chi connectivity index (χ2n) is 5.61. The van der Waals surface area contributed by atoms with Crippen LogP contribution in [-0.2, 0) is 5.41 Å². The van der Waals surface area contributed by atoms with E-state index in [9.17, 15) is 4.79 Å². The molecule has 4 nitrogen and oxygen atoms in total. The van der Waals surface area contributed by atoms with Crippen molar-refractivity contribution < 1.29 is 0 Å². The highest BCUT2D eigenvalue weighted by molar-refractivity contribution is 5.43. The molecule has 17 heavy (non-hydrogen) atoms. The molecule has 2 heterocycles. The third kappa shape index (κ3) is 2.88. The molecule has 0 radical (unpaired) electrons. The maximum atomic E-state index is 11.7. The van der Waals surface area contributed by atoms with Gasteiger partial charge in [-0.2, -0.15) is 0 Å². The maximum absolute atomic E-state index is 11.7. The fourth-order valence-corrected chi connectivity index (χ4v) is 2.04. The lowest BCUT2D eigenvalue weighted by atomic mass is 9.87. The van der Waals surface area contributed by atoms with Gasteiger partial charge in [-0.25, -0.2) is 0 Å². The summed E-state index contributed by atoms with van der Waals surface area (Å²) < 4.78 is 0. The van der Waals surface area contributed by atoms with Gasteiger partial charge in [-0.05, 0) is 17.0 Å². The number of H-pyrrole nitrogens is 1. The summed E-state index contributed by atoms with van der Waals surface area (Å²) in [6, 6.07) is 3.80. The molecule has 1 saturated heterocycles. The average molecular weight is 235 g/mol. The van der Waals surface area contributed by atoms with Crippen LogP contribution in [0.1, 0.15) is 26.3 Å². The average Bonchev–Trinajstić information content (AvgIpc) is 2.28. The molecule has 94 valence electrons. The predicted molar refractivity (Wildman–Crippen MR) is 70.8 cm³/mol. The number of nitrogens with one attached hydrogen (secondary N) is 2. The Morgan fingerprint density at radius 3 is 2.41 bits per heavy atom. The van der Waals surface area contributed by atoms with E-state index in [4.69, 9.17) is 0 Å². The van der Waals surface area contributed by atoms with Gasteiger partial charge in [0.1, 0.15) is 5.82 Å². The second-order valence-corrected chi connectivity index (χ2v) is 5.61. The molecule has 1 aliphatic rings. The Morgan fingerprint density at radius 2 is 1.82 bits per heavy atom. The summed E-state index contributed by atoms with van der Waals surface area (Å²) in [4.78, 5) is 16.9. The van der Waals surface area contributed by atoms with Crippen molar-refractivity contribution in [2.45, 2.75) is 26.2 Å². The van der Waals surface area contributed by atoms with E-state index in [0.29, 0.717) is 0 Å². The normalized spacial score (nSPS) is 17.2. The van der Waals surface area contributed by atoms with Crippen LogP contribution < -0.4 is 15.8 Å². The van der Waals surface area contributed by atoms with Crippen molar-refractivity contribution in [3.05, 3.63) is 28.0 Å². The van der Waals surface area contributed by atoms with Gasteiger partial charge < -0.3 is 15.2 Å². The highest BCUT2D eigenvalue weighted by Gasteiger charge is 2.18. The van der Waals surface area contributed by atoms with Gasteiger partial charge in [0, 0.05) is 32.2 Å². The molecule has 2 rings (SSSR count). The molecule has 0 unspecified atom stereocenters. The zero-order chi connectivity index (χ0) is 12.5. The summed E-state index contributed by atoms with van der Waals surface area (Å²) in [5, 5.41) is 3.31. The zero-order valence-electron chi connectivity index (χ0n) is 10.8. The summed E-state index contributed by atoms with van der Waals surface area (Å²) in [6.45, 7) is 10.2. The minimum Gasteiger partial charge on any atom is -0.356 e. The van der Waals surface area contributed by atoms with E-state index in [1.807, 2.05) is 0 Å². The third-order valence-corrected chi connectivity index (χ3v) is 3.15. The second kappa shape index (κ2) is 4.53. The lowest BCUT2D eigenvalue weighted by Crippen LogP contribution is -2.44. The molecule has 0 aromatic carbocycles. The molecule has 0 amide bonds. The fourth-order valence-electron chi connectivity index (χ4n) is 2.04. The largest absolute Gasteiger partial charge is 0.356 e. The first-order valence-corrected chi connectivity index (χ1v) is 6.17. The minimum atomic E-state index is -0.00837. The van der Waals surface area contributed by atoms with Gasteiger partial charge in [0.15, 0.2) is 0 Å². The van der Waals surface area contributed by atoms with Crippen LogP contribution in [0, 0.1) is 0 Å². The van der Waals surface area contributed by atoms with Gasteiger partial charge in [0.25, 0.3) is 0 Å². The highest BCUT2D eigenvalue weighted by Crippen LogP contribution is 2.23. The van der Waals surface area contributed by atoms with Crippen molar-refractivity contribution in [2.75, 3.05) is 31.1 Å². The molecule has 4 heteroatoms. The van der Waals surface area contributed by atoms with Crippen LogP contribution >= 0.6 is 0 Å². The molecular formula is C13H21N3O. The Kier molecular flexibility index (Phi) is 3.24. The van der Waals surface area contributed by atoms with Crippen molar-refractivity contribution in [3.63, 3.8) is 0 Å². The number of hydrogen-bond donors (Lipinski definition) is 2. The van der Waals surface area contributed by atoms with Gasteiger partial charge in [-0.1, -0.05) is 20.8 Å². The van der Waals surface area contributed by atoms with E-state index < -0.39 is 0 Å². The van der Waals surface area contributed by atoms with Crippen LogP contribution in [-0.4, -0.2) is 31.2 Å². The van der Waals surface area contributed by atoms with Gasteiger partial charge in [0.2, 0.25) is 5.56 Å². The topological polar surface area (TPSA) is 48.1 Å². The van der Waals surface area contributed by atoms with Crippen LogP contribution in [0.15, 0.2) is 16.9 Å². The molecule has 0 spiro atoms. The SMILES string of the molecule is CC(C)(C)c1cc(N2CCNCC2)[nH]c(=O)c1. The van der Waals surface area contributed by atoms with Crippen molar-refractivity contribution in [2.24, 2.45) is 0 Å². The number of nitrogens with zero attached hydrogens (tertiary/aromatic N) is 1. The Bertz CT molecular complexity index is 439. The lowest BCUT2D eigenvalue weighted by molar-refractivity contribution is 0.574. The zero-order valence-corrected chi connectivity index (χ0v) is 10.8. The van der Waals surface area contributed by atoms with Crippen LogP contribution in [0.25, 0.3) is 0 Å². The van der Waals surface area contributed by atoms with Crippen LogP contribution in [0.4, 0.5) is 5.82 Å². The summed E-state index contributed by atoms with van der Waals surface area (Å²) in [7, 11) is 0. The highest BCUT2D eigenvalue weighted by atomic mass is 16.1. The van der Waals surface area contributed by atoms with Crippen molar-refractivity contribution in [1.29, 1.82) is 0 Å². The summed E-state index contributed by atoms with van der Waals surface area (Å²) in [5.41, 5.74) is 1.09. The summed E-state index contributed by atoms with van der Waals surface area (Å²) in [6.07, 6.45) is 0. The molecule has 1 aromatic heterocycles. The number of hydrogen-bond acceptors (Lipinski definition) is 3. The monoisotopic (exact) mass is 235 g/mol. The minimum absolute atomic E-state index is 0.00837. The van der Waals surface area contributed by atoms with E-state index in [1.54, 1.807) is 6.07 Å². The Labute approximate surface area is 102 Å². The number of rotatable bonds is 1. The van der Waals surface area contributed by atoms with Crippen LogP contribution in [0.3, 0.4) is 0 Å². The van der Waals surface area contributed by atoms with Gasteiger partial charge in [0.05, 0.1) is 0 Å². The molecule has 2 N–H and O–H groups in total. The van der Waals surface area contributed by atoms with E-state index >= 15 is 0 Å². The molecule has 1 aromatic rings. The van der Waals surface area contributed by atoms with Crippen molar-refractivity contribution >= 4 is 5.82 Å². The van der Waals surface area contributed by atoms with Crippen molar-refractivity contribution in [3.8, 4) is 0 Å².